The van der Waals surface area contributed by atoms with Crippen molar-refractivity contribution in [1.82, 2.24) is 5.48 Å². The zero-order valence-electron chi connectivity index (χ0n) is 15.6. The highest BCUT2D eigenvalue weighted by Gasteiger charge is 2.18. The summed E-state index contributed by atoms with van der Waals surface area (Å²) in [6, 6.07) is 23.0. The molecule has 28 heavy (non-hydrogen) atoms. The highest BCUT2D eigenvalue weighted by Crippen LogP contribution is 2.23. The minimum Gasteiger partial charge on any atom is -0.298 e. The molecule has 0 atom stereocenters. The molecule has 4 nitrogen and oxygen atoms in total. The average Bonchev–Trinajstić information content (AvgIpc) is 2.74. The molecule has 0 saturated heterocycles. The molecular weight excluding hydrogens is 372 g/mol. The molecule has 3 aromatic rings. The maximum atomic E-state index is 12.6. The van der Waals surface area contributed by atoms with E-state index in [2.05, 4.69) is 5.48 Å². The van der Waals surface area contributed by atoms with Gasteiger partial charge in [0.15, 0.2) is 6.20 Å². The normalized spacial score (nSPS) is 11.4. The standard InChI is InChI=1S/C23H22ClN2O2/c1-25-28-15-14-21(18-8-4-2-5-9-18)20-12-13-23(24)26(16-20)17-22(27)19-10-6-3-7-11-19/h2-14,16,25H,15,17H2,1H3/q+1/b21-14+. The van der Waals surface area contributed by atoms with Gasteiger partial charge in [0.2, 0.25) is 12.3 Å². The fraction of sp³-hybridized carbons (Fsp3) is 0.130. The van der Waals surface area contributed by atoms with E-state index in [0.717, 1.165) is 16.7 Å². The minimum atomic E-state index is 0.00778. The molecule has 0 saturated carbocycles. The second kappa shape index (κ2) is 9.95. The third-order valence-corrected chi connectivity index (χ3v) is 4.63. The third-order valence-electron chi connectivity index (χ3n) is 4.29. The molecule has 3 rings (SSSR count). The van der Waals surface area contributed by atoms with Gasteiger partial charge in [0, 0.05) is 24.2 Å². The van der Waals surface area contributed by atoms with Gasteiger partial charge in [-0.1, -0.05) is 60.7 Å². The lowest BCUT2D eigenvalue weighted by molar-refractivity contribution is -0.681. The average molecular weight is 394 g/mol. The summed E-state index contributed by atoms with van der Waals surface area (Å²) < 4.78 is 1.77. The van der Waals surface area contributed by atoms with Crippen LogP contribution in [0.2, 0.25) is 5.15 Å². The van der Waals surface area contributed by atoms with Gasteiger partial charge >= 0.3 is 0 Å². The lowest BCUT2D eigenvalue weighted by Gasteiger charge is -2.09. The number of halogens is 1. The van der Waals surface area contributed by atoms with Crippen LogP contribution in [0.1, 0.15) is 21.5 Å². The van der Waals surface area contributed by atoms with Crippen molar-refractivity contribution in [3.05, 3.63) is 107 Å². The summed E-state index contributed by atoms with van der Waals surface area (Å²) in [5.41, 5.74) is 6.36. The Kier molecular flexibility index (Phi) is 7.09. The maximum Gasteiger partial charge on any atom is 0.275 e. The van der Waals surface area contributed by atoms with E-state index in [1.165, 1.54) is 0 Å². The number of hydrogen-bond donors (Lipinski definition) is 1. The molecule has 0 spiro atoms. The number of hydrogen-bond acceptors (Lipinski definition) is 3. The highest BCUT2D eigenvalue weighted by molar-refractivity contribution is 6.28. The molecule has 0 amide bonds. The first-order valence-corrected chi connectivity index (χ1v) is 9.38. The van der Waals surface area contributed by atoms with Gasteiger partial charge in [0.1, 0.15) is 0 Å². The van der Waals surface area contributed by atoms with Crippen LogP contribution in [0.5, 0.6) is 0 Å². The Balaban J connectivity index is 1.93. The number of benzene rings is 2. The molecule has 5 heteroatoms. The smallest absolute Gasteiger partial charge is 0.275 e. The lowest BCUT2D eigenvalue weighted by Crippen LogP contribution is -2.39. The number of aromatic nitrogens is 1. The Labute approximate surface area is 170 Å². The molecule has 142 valence electrons. The first-order chi connectivity index (χ1) is 13.7. The van der Waals surface area contributed by atoms with Crippen LogP contribution in [0.25, 0.3) is 5.57 Å². The molecule has 2 aromatic carbocycles. The fourth-order valence-electron chi connectivity index (χ4n) is 2.91. The van der Waals surface area contributed by atoms with Crippen molar-refractivity contribution >= 4 is 23.0 Å². The van der Waals surface area contributed by atoms with Gasteiger partial charge < -0.3 is 0 Å². The van der Waals surface area contributed by atoms with Crippen molar-refractivity contribution < 1.29 is 14.2 Å². The van der Waals surface area contributed by atoms with Crippen LogP contribution < -0.4 is 10.0 Å². The number of carbonyl (C=O) groups excluding carboxylic acids is 1. The van der Waals surface area contributed by atoms with Gasteiger partial charge in [0.05, 0.1) is 6.61 Å². The summed E-state index contributed by atoms with van der Waals surface area (Å²) in [6.45, 7) is 0.581. The van der Waals surface area contributed by atoms with E-state index in [4.69, 9.17) is 16.4 Å². The minimum absolute atomic E-state index is 0.00778. The van der Waals surface area contributed by atoms with Gasteiger partial charge in [-0.25, -0.2) is 5.48 Å². The van der Waals surface area contributed by atoms with Crippen LogP contribution in [0.15, 0.2) is 85.1 Å². The molecular formula is C23H22ClN2O2+. The summed E-state index contributed by atoms with van der Waals surface area (Å²) in [5, 5.41) is 0.506. The van der Waals surface area contributed by atoms with E-state index in [9.17, 15) is 4.79 Å². The fourth-order valence-corrected chi connectivity index (χ4v) is 3.08. The van der Waals surface area contributed by atoms with Crippen LogP contribution in [0.4, 0.5) is 0 Å². The number of nitrogens with one attached hydrogen (secondary N) is 1. The van der Waals surface area contributed by atoms with Crippen molar-refractivity contribution in [2.45, 2.75) is 6.54 Å². The van der Waals surface area contributed by atoms with E-state index in [0.29, 0.717) is 17.3 Å². The van der Waals surface area contributed by atoms with Gasteiger partial charge in [-0.3, -0.25) is 9.63 Å². The van der Waals surface area contributed by atoms with E-state index < -0.39 is 0 Å². The maximum absolute atomic E-state index is 12.6. The zero-order valence-corrected chi connectivity index (χ0v) is 16.4. The number of pyridine rings is 1. The van der Waals surface area contributed by atoms with Crippen molar-refractivity contribution in [2.24, 2.45) is 0 Å². The predicted octanol–water partition coefficient (Wildman–Crippen LogP) is 4.09. The summed E-state index contributed by atoms with van der Waals surface area (Å²) in [7, 11) is 1.72. The van der Waals surface area contributed by atoms with Gasteiger partial charge in [0.25, 0.3) is 5.15 Å². The van der Waals surface area contributed by atoms with E-state index in [1.807, 2.05) is 85.1 Å². The number of carbonyl (C=O) groups is 1. The molecule has 0 aliphatic heterocycles. The second-order valence-corrected chi connectivity index (χ2v) is 6.54. The van der Waals surface area contributed by atoms with E-state index >= 15 is 0 Å². The first kappa shape index (κ1) is 20.0. The largest absolute Gasteiger partial charge is 0.298 e. The summed E-state index contributed by atoms with van der Waals surface area (Å²) in [4.78, 5) is 17.9. The van der Waals surface area contributed by atoms with Crippen LogP contribution in [-0.2, 0) is 11.4 Å². The predicted molar refractivity (Wildman–Crippen MR) is 111 cm³/mol. The highest BCUT2D eigenvalue weighted by atomic mass is 35.5. The Morgan fingerprint density at radius 1 is 0.964 bits per heavy atom. The van der Waals surface area contributed by atoms with Crippen molar-refractivity contribution in [2.75, 3.05) is 13.7 Å². The molecule has 0 unspecified atom stereocenters. The molecule has 0 bridgehead atoms. The molecule has 1 aromatic heterocycles. The topological polar surface area (TPSA) is 42.2 Å². The number of nitrogens with zero attached hydrogens (tertiary/aromatic N) is 1. The van der Waals surface area contributed by atoms with Gasteiger partial charge in [-0.2, -0.15) is 4.57 Å². The monoisotopic (exact) mass is 393 g/mol. The van der Waals surface area contributed by atoms with Crippen LogP contribution in [0.3, 0.4) is 0 Å². The number of Topliss-reactive ketones (excluding diaryl/α,β-unsaturated/α-hetero) is 1. The number of rotatable bonds is 8. The molecule has 0 radical (unpaired) electrons. The SMILES string of the molecule is CNOC/C=C(\c1ccccc1)c1ccc(Cl)[n+](CC(=O)c2ccccc2)c1. The van der Waals surface area contributed by atoms with Crippen LogP contribution >= 0.6 is 11.6 Å². The lowest BCUT2D eigenvalue weighted by atomic mass is 9.99. The molecule has 1 N–H and O–H groups in total. The van der Waals surface area contributed by atoms with E-state index in [-0.39, 0.29) is 12.3 Å². The molecule has 0 aliphatic carbocycles. The van der Waals surface area contributed by atoms with E-state index in [1.54, 1.807) is 11.6 Å². The summed E-state index contributed by atoms with van der Waals surface area (Å²) in [5.74, 6) is 0.00778. The molecule has 0 fully saturated rings. The zero-order chi connectivity index (χ0) is 19.8. The molecule has 0 aliphatic rings. The third kappa shape index (κ3) is 5.14. The van der Waals surface area contributed by atoms with Crippen LogP contribution in [-0.4, -0.2) is 19.4 Å². The summed E-state index contributed by atoms with van der Waals surface area (Å²) in [6.07, 6.45) is 3.90. The van der Waals surface area contributed by atoms with Crippen molar-refractivity contribution in [3.8, 4) is 0 Å². The quantitative estimate of drug-likeness (QED) is 0.206. The van der Waals surface area contributed by atoms with Gasteiger partial charge in [-0.05, 0) is 34.9 Å². The summed E-state index contributed by atoms with van der Waals surface area (Å²) >= 11 is 6.36. The Morgan fingerprint density at radius 2 is 1.61 bits per heavy atom. The van der Waals surface area contributed by atoms with Crippen LogP contribution in [0, 0.1) is 0 Å². The Morgan fingerprint density at radius 3 is 2.25 bits per heavy atom. The Bertz CT molecular complexity index is 957. The molecule has 1 heterocycles. The number of ketones is 1. The first-order valence-electron chi connectivity index (χ1n) is 9.01. The van der Waals surface area contributed by atoms with Gasteiger partial charge in [-0.15, -0.1) is 0 Å². The number of hydroxylamine groups is 1. The second-order valence-electron chi connectivity index (χ2n) is 6.16. The Hall–Kier alpha value is -2.79. The van der Waals surface area contributed by atoms with Crippen molar-refractivity contribution in [3.63, 3.8) is 0 Å². The van der Waals surface area contributed by atoms with Crippen molar-refractivity contribution in [1.29, 1.82) is 0 Å².